The van der Waals surface area contributed by atoms with Crippen LogP contribution in [0.15, 0.2) is 57.2 Å². The molecule has 3 N–H and O–H groups in total. The largest absolute Gasteiger partial charge is 0.325 e. The number of hydrogen-bond donors (Lipinski definition) is 3. The Balaban J connectivity index is 2.03. The monoisotopic (exact) mass is 403 g/mol. The summed E-state index contributed by atoms with van der Waals surface area (Å²) in [6.45, 7) is 5.97. The van der Waals surface area contributed by atoms with Crippen molar-refractivity contribution >= 4 is 15.7 Å². The molecule has 3 aromatic rings. The number of anilines is 1. The van der Waals surface area contributed by atoms with Gasteiger partial charge in [0.05, 0.1) is 12.2 Å². The van der Waals surface area contributed by atoms with E-state index in [0.717, 1.165) is 11.8 Å². The van der Waals surface area contributed by atoms with Gasteiger partial charge in [0.15, 0.2) is 0 Å². The molecule has 148 valence electrons. The van der Waals surface area contributed by atoms with Crippen molar-refractivity contribution in [2.75, 3.05) is 4.72 Å². The fourth-order valence-electron chi connectivity index (χ4n) is 2.66. The number of benzene rings is 1. The van der Waals surface area contributed by atoms with Gasteiger partial charge in [0.25, 0.3) is 15.6 Å². The second-order valence-corrected chi connectivity index (χ2v) is 9.02. The van der Waals surface area contributed by atoms with E-state index in [4.69, 9.17) is 0 Å². The lowest BCUT2D eigenvalue weighted by molar-refractivity contribution is 0.533. The van der Waals surface area contributed by atoms with Crippen LogP contribution in [0.4, 0.5) is 5.69 Å². The zero-order valence-electron chi connectivity index (χ0n) is 15.7. The van der Waals surface area contributed by atoms with E-state index < -0.39 is 26.7 Å². The number of sulfonamides is 1. The molecule has 10 heteroatoms. The van der Waals surface area contributed by atoms with Crippen LogP contribution in [0, 0.1) is 0 Å². The van der Waals surface area contributed by atoms with Crippen molar-refractivity contribution in [1.82, 2.24) is 19.7 Å². The fraction of sp³-hybridized carbons (Fsp3) is 0.278. The van der Waals surface area contributed by atoms with Crippen molar-refractivity contribution in [2.24, 2.45) is 0 Å². The summed E-state index contributed by atoms with van der Waals surface area (Å²) >= 11 is 0. The highest BCUT2D eigenvalue weighted by Gasteiger charge is 2.30. The molecular formula is C18H21N5O4S. The number of aromatic amines is 2. The normalized spacial score (nSPS) is 12.1. The minimum absolute atomic E-state index is 0.0264. The third-order valence-electron chi connectivity index (χ3n) is 3.98. The highest BCUT2D eigenvalue weighted by Crippen LogP contribution is 2.28. The first-order valence-electron chi connectivity index (χ1n) is 8.53. The summed E-state index contributed by atoms with van der Waals surface area (Å²) in [5, 5.41) is 4.47. The van der Waals surface area contributed by atoms with Crippen LogP contribution in [-0.2, 0) is 22.0 Å². The third kappa shape index (κ3) is 4.22. The van der Waals surface area contributed by atoms with Crippen molar-refractivity contribution in [2.45, 2.75) is 37.6 Å². The summed E-state index contributed by atoms with van der Waals surface area (Å²) in [4.78, 5) is 27.2. The van der Waals surface area contributed by atoms with Crippen LogP contribution in [-0.4, -0.2) is 28.2 Å². The second-order valence-electron chi connectivity index (χ2n) is 7.37. The van der Waals surface area contributed by atoms with Gasteiger partial charge in [-0.1, -0.05) is 51.1 Å². The topological polar surface area (TPSA) is 130 Å². The molecule has 2 heterocycles. The zero-order chi connectivity index (χ0) is 20.5. The number of nitrogens with zero attached hydrogens (tertiary/aromatic N) is 2. The summed E-state index contributed by atoms with van der Waals surface area (Å²) in [7, 11) is -4.11. The lowest BCUT2D eigenvalue weighted by atomic mass is 9.92. The van der Waals surface area contributed by atoms with Gasteiger partial charge in [-0.05, 0) is 5.56 Å². The molecule has 0 saturated heterocycles. The van der Waals surface area contributed by atoms with Crippen molar-refractivity contribution < 1.29 is 8.42 Å². The number of hydrogen-bond acceptors (Lipinski definition) is 5. The fourth-order valence-corrected chi connectivity index (χ4v) is 4.07. The van der Waals surface area contributed by atoms with E-state index in [1.807, 2.05) is 56.1 Å². The average Bonchev–Trinajstić information content (AvgIpc) is 3.04. The molecular weight excluding hydrogens is 382 g/mol. The molecule has 0 aliphatic rings. The van der Waals surface area contributed by atoms with Gasteiger partial charge in [-0.15, -0.1) is 0 Å². The van der Waals surface area contributed by atoms with Crippen LogP contribution in [0.2, 0.25) is 0 Å². The van der Waals surface area contributed by atoms with Gasteiger partial charge >= 0.3 is 5.69 Å². The summed E-state index contributed by atoms with van der Waals surface area (Å²) in [6, 6.07) is 9.53. The van der Waals surface area contributed by atoms with Gasteiger partial charge in [0.2, 0.25) is 0 Å². The lowest BCUT2D eigenvalue weighted by Gasteiger charge is -2.17. The van der Waals surface area contributed by atoms with Crippen LogP contribution < -0.4 is 16.0 Å². The lowest BCUT2D eigenvalue weighted by Crippen LogP contribution is -2.27. The van der Waals surface area contributed by atoms with Crippen molar-refractivity contribution in [3.05, 3.63) is 74.8 Å². The van der Waals surface area contributed by atoms with E-state index in [0.29, 0.717) is 12.2 Å². The molecule has 28 heavy (non-hydrogen) atoms. The predicted octanol–water partition coefficient (Wildman–Crippen LogP) is 1.41. The summed E-state index contributed by atoms with van der Waals surface area (Å²) in [6.07, 6.45) is 2.46. The van der Waals surface area contributed by atoms with Crippen molar-refractivity contribution in [1.29, 1.82) is 0 Å². The van der Waals surface area contributed by atoms with E-state index >= 15 is 0 Å². The number of aromatic nitrogens is 4. The van der Waals surface area contributed by atoms with E-state index in [1.165, 1.54) is 6.20 Å². The van der Waals surface area contributed by atoms with Gasteiger partial charge in [0.1, 0.15) is 10.6 Å². The minimum Gasteiger partial charge on any atom is -0.312 e. The molecule has 3 rings (SSSR count). The van der Waals surface area contributed by atoms with Crippen LogP contribution >= 0.6 is 0 Å². The molecule has 0 aliphatic heterocycles. The molecule has 0 fully saturated rings. The summed E-state index contributed by atoms with van der Waals surface area (Å²) in [5.74, 6) is 0. The Labute approximate surface area is 161 Å². The van der Waals surface area contributed by atoms with Crippen LogP contribution in [0.3, 0.4) is 0 Å². The maximum atomic E-state index is 13.0. The second kappa shape index (κ2) is 7.12. The Morgan fingerprint density at radius 3 is 2.43 bits per heavy atom. The quantitative estimate of drug-likeness (QED) is 0.593. The van der Waals surface area contributed by atoms with Gasteiger partial charge in [-0.3, -0.25) is 19.2 Å². The molecule has 0 radical (unpaired) electrons. The minimum atomic E-state index is -4.11. The molecule has 1 aromatic carbocycles. The Morgan fingerprint density at radius 1 is 1.14 bits per heavy atom. The van der Waals surface area contributed by atoms with Gasteiger partial charge in [-0.25, -0.2) is 13.2 Å². The maximum absolute atomic E-state index is 13.0. The molecule has 0 spiro atoms. The molecule has 0 aliphatic carbocycles. The number of H-pyrrole nitrogens is 2. The SMILES string of the molecule is CC(C)(C)c1nn(Cc2ccccc2)cc1S(=O)(=O)Nc1c[nH]c(=O)[nH]c1=O. The van der Waals surface area contributed by atoms with E-state index in [2.05, 4.69) is 14.8 Å². The standard InChI is InChI=1S/C18H21N5O4S/c1-18(2,3)15-14(11-23(21-15)10-12-7-5-4-6-8-12)28(26,27)22-13-9-19-17(25)20-16(13)24/h4-9,11,22H,10H2,1-3H3,(H2,19,20,24,25). The molecule has 9 nitrogen and oxygen atoms in total. The molecule has 2 aromatic heterocycles. The van der Waals surface area contributed by atoms with Crippen molar-refractivity contribution in [3.63, 3.8) is 0 Å². The summed E-state index contributed by atoms with van der Waals surface area (Å²) in [5.41, 5.74) is -1.05. The number of rotatable bonds is 5. The van der Waals surface area contributed by atoms with Gasteiger partial charge in [0, 0.05) is 17.8 Å². The highest BCUT2D eigenvalue weighted by atomic mass is 32.2. The van der Waals surface area contributed by atoms with E-state index in [1.54, 1.807) is 4.68 Å². The van der Waals surface area contributed by atoms with Crippen LogP contribution in [0.1, 0.15) is 32.0 Å². The van der Waals surface area contributed by atoms with Gasteiger partial charge in [-0.2, -0.15) is 5.10 Å². The molecule has 0 amide bonds. The number of nitrogens with one attached hydrogen (secondary N) is 3. The highest BCUT2D eigenvalue weighted by molar-refractivity contribution is 7.92. The van der Waals surface area contributed by atoms with E-state index in [9.17, 15) is 18.0 Å². The smallest absolute Gasteiger partial charge is 0.312 e. The Bertz CT molecular complexity index is 1200. The Morgan fingerprint density at radius 2 is 1.82 bits per heavy atom. The maximum Gasteiger partial charge on any atom is 0.325 e. The van der Waals surface area contributed by atoms with Gasteiger partial charge < -0.3 is 4.98 Å². The first-order valence-corrected chi connectivity index (χ1v) is 10.0. The molecule has 0 atom stereocenters. The average molecular weight is 403 g/mol. The zero-order valence-corrected chi connectivity index (χ0v) is 16.5. The van der Waals surface area contributed by atoms with Crippen molar-refractivity contribution in [3.8, 4) is 0 Å². The first kappa shape index (κ1) is 19.6. The summed E-state index contributed by atoms with van der Waals surface area (Å²) < 4.78 is 29.7. The van der Waals surface area contributed by atoms with E-state index in [-0.39, 0.29) is 10.6 Å². The Kier molecular flexibility index (Phi) is 4.99. The van der Waals surface area contributed by atoms with Crippen LogP contribution in [0.25, 0.3) is 0 Å². The molecule has 0 saturated carbocycles. The predicted molar refractivity (Wildman–Crippen MR) is 105 cm³/mol. The molecule has 0 bridgehead atoms. The van der Waals surface area contributed by atoms with Crippen LogP contribution in [0.5, 0.6) is 0 Å². The Hall–Kier alpha value is -3.14. The first-order chi connectivity index (χ1) is 13.1. The molecule has 0 unspecified atom stereocenters. The third-order valence-corrected chi connectivity index (χ3v) is 5.35.